The largest absolute Gasteiger partial charge is 0.192 e. The molecule has 0 heterocycles. The van der Waals surface area contributed by atoms with E-state index in [0.29, 0.717) is 17.3 Å². The first-order chi connectivity index (χ1) is 6.76. The Morgan fingerprint density at radius 3 is 3.00 bits per heavy atom. The van der Waals surface area contributed by atoms with Crippen LogP contribution in [0.4, 0.5) is 0 Å². The van der Waals surface area contributed by atoms with E-state index in [9.17, 15) is 0 Å². The van der Waals surface area contributed by atoms with Gasteiger partial charge in [-0.15, -0.1) is 0 Å². The minimum atomic E-state index is 0.469. The van der Waals surface area contributed by atoms with E-state index in [1.54, 1.807) is 5.57 Å². The van der Waals surface area contributed by atoms with E-state index >= 15 is 0 Å². The van der Waals surface area contributed by atoms with E-state index in [4.69, 9.17) is 5.26 Å². The van der Waals surface area contributed by atoms with Crippen molar-refractivity contribution in [3.8, 4) is 6.07 Å². The molecular weight excluding hydrogens is 170 g/mol. The Balaban J connectivity index is 1.99. The minimum Gasteiger partial charge on any atom is -0.192 e. The van der Waals surface area contributed by atoms with Crippen molar-refractivity contribution in [1.82, 2.24) is 0 Å². The summed E-state index contributed by atoms with van der Waals surface area (Å²) in [5, 5.41) is 8.85. The first-order valence-corrected chi connectivity index (χ1v) is 5.03. The smallest absolute Gasteiger partial charge is 0.0991 e. The quantitative estimate of drug-likeness (QED) is 0.562. The Kier molecular flexibility index (Phi) is 0.810. The van der Waals surface area contributed by atoms with Crippen LogP contribution < -0.4 is 0 Å². The summed E-state index contributed by atoms with van der Waals surface area (Å²) >= 11 is 0. The highest BCUT2D eigenvalue weighted by Gasteiger charge is 2.71. The van der Waals surface area contributed by atoms with Gasteiger partial charge in [0.25, 0.3) is 0 Å². The van der Waals surface area contributed by atoms with Gasteiger partial charge in [-0.05, 0) is 23.3 Å². The predicted molar refractivity (Wildman–Crippen MR) is 52.8 cm³/mol. The molecule has 0 aromatic heterocycles. The molecule has 0 radical (unpaired) electrons. The molecule has 66 valence electrons. The molecule has 1 saturated carbocycles. The van der Waals surface area contributed by atoms with Crippen LogP contribution in [-0.4, -0.2) is 0 Å². The van der Waals surface area contributed by atoms with E-state index in [0.717, 1.165) is 5.56 Å². The van der Waals surface area contributed by atoms with E-state index in [1.165, 1.54) is 11.1 Å². The van der Waals surface area contributed by atoms with Crippen molar-refractivity contribution < 1.29 is 0 Å². The van der Waals surface area contributed by atoms with Crippen molar-refractivity contribution in [3.63, 3.8) is 0 Å². The maximum absolute atomic E-state index is 8.85. The normalized spacial score (nSPS) is 39.0. The van der Waals surface area contributed by atoms with E-state index in [2.05, 4.69) is 31.2 Å². The van der Waals surface area contributed by atoms with Gasteiger partial charge in [0.1, 0.15) is 0 Å². The number of allylic oxidation sites excluding steroid dienone is 2. The van der Waals surface area contributed by atoms with E-state index in [1.807, 2.05) is 6.07 Å². The number of hydrogen-bond donors (Lipinski definition) is 0. The first kappa shape index (κ1) is 6.84. The van der Waals surface area contributed by atoms with Crippen molar-refractivity contribution >= 4 is 0 Å². The van der Waals surface area contributed by atoms with E-state index < -0.39 is 0 Å². The van der Waals surface area contributed by atoms with Crippen LogP contribution in [0.3, 0.4) is 0 Å². The number of rotatable bonds is 0. The molecule has 0 saturated heterocycles. The summed E-state index contributed by atoms with van der Waals surface area (Å²) in [4.78, 5) is 0. The zero-order chi connectivity index (χ0) is 9.50. The van der Waals surface area contributed by atoms with Gasteiger partial charge < -0.3 is 0 Å². The number of nitriles is 1. The van der Waals surface area contributed by atoms with Gasteiger partial charge >= 0.3 is 0 Å². The molecule has 0 aliphatic heterocycles. The Hall–Kier alpha value is -1.55. The second-order valence-electron chi connectivity index (χ2n) is 4.77. The highest BCUT2D eigenvalue weighted by atomic mass is 14.7. The summed E-state index contributed by atoms with van der Waals surface area (Å²) in [7, 11) is 0. The number of fused-ring (bicyclic) bond motifs is 4. The van der Waals surface area contributed by atoms with Crippen LogP contribution in [0.1, 0.15) is 35.4 Å². The molecule has 3 atom stereocenters. The Morgan fingerprint density at radius 2 is 2.21 bits per heavy atom. The molecule has 0 N–H and O–H groups in total. The van der Waals surface area contributed by atoms with Crippen molar-refractivity contribution in [2.24, 2.45) is 5.41 Å². The fourth-order valence-corrected chi connectivity index (χ4v) is 3.46. The summed E-state index contributed by atoms with van der Waals surface area (Å²) in [6.07, 6.45) is 2.40. The van der Waals surface area contributed by atoms with Crippen molar-refractivity contribution in [2.75, 3.05) is 0 Å². The van der Waals surface area contributed by atoms with Crippen LogP contribution in [0.15, 0.2) is 29.8 Å². The minimum absolute atomic E-state index is 0.469. The first-order valence-electron chi connectivity index (χ1n) is 5.03. The molecule has 0 unspecified atom stereocenters. The maximum Gasteiger partial charge on any atom is 0.0991 e. The van der Waals surface area contributed by atoms with Gasteiger partial charge in [0.15, 0.2) is 0 Å². The second kappa shape index (κ2) is 1.66. The third-order valence-corrected chi connectivity index (χ3v) is 4.30. The molecule has 3 aliphatic carbocycles. The third-order valence-electron chi connectivity index (χ3n) is 4.30. The lowest BCUT2D eigenvalue weighted by Gasteiger charge is -2.25. The van der Waals surface area contributed by atoms with E-state index in [-0.39, 0.29) is 0 Å². The van der Waals surface area contributed by atoms with Crippen LogP contribution in [-0.2, 0) is 0 Å². The Bertz CT molecular complexity index is 547. The standard InChI is InChI=1S/C13H9N/c1-13-10-5-11(13)12(13)9-4-7(6-14)2-3-8(9)10/h2-5,10,12H,1H3/t10-,12+,13-/m1/s1. The molecule has 1 aromatic rings. The fraction of sp³-hybridized carbons (Fsp3) is 0.308. The average Bonchev–Trinajstić information content (AvgIpc) is 2.61. The summed E-state index contributed by atoms with van der Waals surface area (Å²) in [6, 6.07) is 8.39. The van der Waals surface area contributed by atoms with Gasteiger partial charge in [-0.1, -0.05) is 24.6 Å². The van der Waals surface area contributed by atoms with Gasteiger partial charge in [-0.2, -0.15) is 5.26 Å². The Morgan fingerprint density at radius 1 is 1.36 bits per heavy atom. The lowest BCUT2D eigenvalue weighted by molar-refractivity contribution is 0.511. The predicted octanol–water partition coefficient (Wildman–Crippen LogP) is 2.70. The molecule has 0 bridgehead atoms. The summed E-state index contributed by atoms with van der Waals surface area (Å²) < 4.78 is 0. The van der Waals surface area contributed by atoms with Crippen LogP contribution in [0, 0.1) is 16.7 Å². The lowest BCUT2D eigenvalue weighted by Crippen LogP contribution is -2.12. The summed E-state index contributed by atoms with van der Waals surface area (Å²) in [5.41, 5.74) is 5.78. The molecule has 1 fully saturated rings. The monoisotopic (exact) mass is 179 g/mol. The molecule has 1 aromatic carbocycles. The zero-order valence-electron chi connectivity index (χ0n) is 7.91. The van der Waals surface area contributed by atoms with Gasteiger partial charge in [0.05, 0.1) is 11.6 Å². The molecule has 3 aliphatic rings. The van der Waals surface area contributed by atoms with Gasteiger partial charge in [-0.25, -0.2) is 0 Å². The SMILES string of the molecule is C[C@]12C3=C[C@@H]1c1ccc(C#N)cc1[C@@H]32. The molecule has 1 nitrogen and oxygen atoms in total. The van der Waals surface area contributed by atoms with Gasteiger partial charge in [0, 0.05) is 17.3 Å². The molecule has 14 heavy (non-hydrogen) atoms. The van der Waals surface area contributed by atoms with Crippen LogP contribution in [0.25, 0.3) is 0 Å². The van der Waals surface area contributed by atoms with Crippen LogP contribution in [0.5, 0.6) is 0 Å². The molecular formula is C13H9N. The summed E-state index contributed by atoms with van der Waals surface area (Å²) in [5.74, 6) is 1.32. The lowest BCUT2D eigenvalue weighted by atomic mass is 9.79. The zero-order valence-corrected chi connectivity index (χ0v) is 7.91. The number of hydrogen-bond acceptors (Lipinski definition) is 1. The average molecular weight is 179 g/mol. The Labute approximate surface area is 82.7 Å². The highest BCUT2D eigenvalue weighted by molar-refractivity contribution is 5.72. The van der Waals surface area contributed by atoms with Crippen LogP contribution in [0.2, 0.25) is 0 Å². The molecule has 0 spiro atoms. The second-order valence-corrected chi connectivity index (χ2v) is 4.77. The van der Waals surface area contributed by atoms with Crippen molar-refractivity contribution in [2.45, 2.75) is 18.8 Å². The third kappa shape index (κ3) is 0.452. The van der Waals surface area contributed by atoms with Crippen molar-refractivity contribution in [3.05, 3.63) is 46.5 Å². The number of benzene rings is 1. The molecule has 1 heteroatoms. The van der Waals surface area contributed by atoms with Gasteiger partial charge in [-0.3, -0.25) is 0 Å². The highest BCUT2D eigenvalue weighted by Crippen LogP contribution is 2.83. The topological polar surface area (TPSA) is 23.8 Å². The van der Waals surface area contributed by atoms with Gasteiger partial charge in [0.2, 0.25) is 0 Å². The molecule has 0 amide bonds. The molecule has 4 rings (SSSR count). The fourth-order valence-electron chi connectivity index (χ4n) is 3.46. The van der Waals surface area contributed by atoms with Crippen LogP contribution >= 0.6 is 0 Å². The maximum atomic E-state index is 8.85. The summed E-state index contributed by atoms with van der Waals surface area (Å²) in [6.45, 7) is 2.35. The number of nitrogens with zero attached hydrogens (tertiary/aromatic N) is 1. The van der Waals surface area contributed by atoms with Crippen molar-refractivity contribution in [1.29, 1.82) is 5.26 Å².